The van der Waals surface area contributed by atoms with Gasteiger partial charge in [0.25, 0.3) is 5.91 Å². The van der Waals surface area contributed by atoms with E-state index in [-0.39, 0.29) is 23.7 Å². The van der Waals surface area contributed by atoms with Gasteiger partial charge in [-0.05, 0) is 75.1 Å². The van der Waals surface area contributed by atoms with Crippen molar-refractivity contribution in [3.63, 3.8) is 0 Å². The van der Waals surface area contributed by atoms with Crippen LogP contribution >= 0.6 is 0 Å². The molecule has 0 unspecified atom stereocenters. The van der Waals surface area contributed by atoms with E-state index in [1.54, 1.807) is 6.07 Å². The van der Waals surface area contributed by atoms with Crippen molar-refractivity contribution >= 4 is 22.6 Å². The largest absolute Gasteiger partial charge is 0.476 e. The number of ether oxygens (including phenoxy) is 1. The maximum Gasteiger partial charge on any atom is 0.262 e. The molecule has 33 heavy (non-hydrogen) atoms. The fraction of sp³-hybridized carbons (Fsp3) is 0.214. The van der Waals surface area contributed by atoms with Crippen LogP contribution in [-0.4, -0.2) is 12.5 Å². The Morgan fingerprint density at radius 1 is 0.909 bits per heavy atom. The molecular formula is C28H27NO4. The zero-order chi connectivity index (χ0) is 23.7. The van der Waals surface area contributed by atoms with Crippen LogP contribution < -0.4 is 15.5 Å². The smallest absolute Gasteiger partial charge is 0.262 e. The number of fused-ring (bicyclic) bond motifs is 1. The van der Waals surface area contributed by atoms with Crippen molar-refractivity contribution in [3.05, 3.63) is 92.6 Å². The molecule has 0 radical (unpaired) electrons. The topological polar surface area (TPSA) is 68.5 Å². The van der Waals surface area contributed by atoms with Gasteiger partial charge in [0.1, 0.15) is 5.58 Å². The van der Waals surface area contributed by atoms with Gasteiger partial charge in [0.05, 0.1) is 5.39 Å². The van der Waals surface area contributed by atoms with Crippen molar-refractivity contribution in [2.45, 2.75) is 34.6 Å². The number of rotatable bonds is 5. The van der Waals surface area contributed by atoms with E-state index in [4.69, 9.17) is 9.15 Å². The molecule has 0 atom stereocenters. The lowest BCUT2D eigenvalue weighted by molar-refractivity contribution is -0.118. The van der Waals surface area contributed by atoms with Gasteiger partial charge in [-0.25, -0.2) is 0 Å². The van der Waals surface area contributed by atoms with Crippen LogP contribution in [0.3, 0.4) is 0 Å². The number of amides is 1. The van der Waals surface area contributed by atoms with Crippen LogP contribution in [0.2, 0.25) is 0 Å². The lowest BCUT2D eigenvalue weighted by Crippen LogP contribution is -2.23. The number of aryl methyl sites for hydroxylation is 4. The summed E-state index contributed by atoms with van der Waals surface area (Å²) in [7, 11) is 0. The van der Waals surface area contributed by atoms with Crippen LogP contribution in [0.15, 0.2) is 63.8 Å². The normalized spacial score (nSPS) is 10.9. The SMILES string of the molecule is Cc1ccc(-c2oc3cc(C)c(C)cc3c(=O)c2OCC(=O)Nc2cccc(C)c2C)cc1. The highest BCUT2D eigenvalue weighted by Crippen LogP contribution is 2.32. The number of carbonyl (C=O) groups excluding carboxylic acids is 1. The zero-order valence-electron chi connectivity index (χ0n) is 19.5. The minimum absolute atomic E-state index is 0.0331. The molecule has 5 nitrogen and oxygen atoms in total. The first-order valence-electron chi connectivity index (χ1n) is 10.9. The van der Waals surface area contributed by atoms with Crippen molar-refractivity contribution < 1.29 is 13.9 Å². The average Bonchev–Trinajstić information content (AvgIpc) is 2.78. The fourth-order valence-corrected chi connectivity index (χ4v) is 3.67. The second-order valence-electron chi connectivity index (χ2n) is 8.47. The Labute approximate surface area is 193 Å². The molecular weight excluding hydrogens is 414 g/mol. The van der Waals surface area contributed by atoms with Gasteiger partial charge in [-0.1, -0.05) is 42.0 Å². The molecule has 1 heterocycles. The van der Waals surface area contributed by atoms with Crippen molar-refractivity contribution in [1.29, 1.82) is 0 Å². The lowest BCUT2D eigenvalue weighted by Gasteiger charge is -2.14. The van der Waals surface area contributed by atoms with E-state index in [0.29, 0.717) is 22.3 Å². The molecule has 1 aromatic heterocycles. The number of nitrogens with one attached hydrogen (secondary N) is 1. The molecule has 0 saturated carbocycles. The van der Waals surface area contributed by atoms with E-state index in [1.165, 1.54) is 0 Å². The molecule has 0 saturated heterocycles. The van der Waals surface area contributed by atoms with Gasteiger partial charge in [-0.2, -0.15) is 0 Å². The van der Waals surface area contributed by atoms with Crippen LogP contribution in [-0.2, 0) is 4.79 Å². The maximum atomic E-state index is 13.4. The molecule has 0 fully saturated rings. The van der Waals surface area contributed by atoms with Crippen molar-refractivity contribution in [3.8, 4) is 17.1 Å². The Bertz CT molecular complexity index is 1420. The number of anilines is 1. The monoisotopic (exact) mass is 441 g/mol. The van der Waals surface area contributed by atoms with Crippen molar-refractivity contribution in [1.82, 2.24) is 0 Å². The van der Waals surface area contributed by atoms with Crippen LogP contribution in [0.5, 0.6) is 5.75 Å². The van der Waals surface area contributed by atoms with E-state index < -0.39 is 0 Å². The third-order valence-corrected chi connectivity index (χ3v) is 6.01. The second-order valence-corrected chi connectivity index (χ2v) is 8.47. The predicted molar refractivity (Wildman–Crippen MR) is 132 cm³/mol. The highest BCUT2D eigenvalue weighted by molar-refractivity contribution is 5.93. The number of hydrogen-bond donors (Lipinski definition) is 1. The first-order chi connectivity index (χ1) is 15.7. The molecule has 0 aliphatic carbocycles. The van der Waals surface area contributed by atoms with Crippen LogP contribution in [0.4, 0.5) is 5.69 Å². The van der Waals surface area contributed by atoms with E-state index in [9.17, 15) is 9.59 Å². The van der Waals surface area contributed by atoms with Crippen LogP contribution in [0.1, 0.15) is 27.8 Å². The first kappa shape index (κ1) is 22.3. The van der Waals surface area contributed by atoms with Gasteiger partial charge in [0, 0.05) is 11.3 Å². The Kier molecular flexibility index (Phi) is 6.05. The van der Waals surface area contributed by atoms with Gasteiger partial charge < -0.3 is 14.5 Å². The number of hydrogen-bond acceptors (Lipinski definition) is 4. The van der Waals surface area contributed by atoms with Gasteiger partial charge in [0.15, 0.2) is 12.4 Å². The van der Waals surface area contributed by atoms with E-state index >= 15 is 0 Å². The van der Waals surface area contributed by atoms with Gasteiger partial charge in [0.2, 0.25) is 11.2 Å². The first-order valence-corrected chi connectivity index (χ1v) is 10.9. The van der Waals surface area contributed by atoms with Gasteiger partial charge in [-0.15, -0.1) is 0 Å². The molecule has 0 aliphatic rings. The quantitative estimate of drug-likeness (QED) is 0.411. The summed E-state index contributed by atoms with van der Waals surface area (Å²) >= 11 is 0. The lowest BCUT2D eigenvalue weighted by atomic mass is 10.0. The van der Waals surface area contributed by atoms with Crippen molar-refractivity contribution in [2.75, 3.05) is 11.9 Å². The molecule has 1 amide bonds. The molecule has 0 spiro atoms. The molecule has 0 bridgehead atoms. The standard InChI is InChI=1S/C28H27NO4/c1-16-9-11-21(12-10-16)27-28(26(31)22-13-18(3)19(4)14-24(22)33-27)32-15-25(30)29-23-8-6-7-17(2)20(23)5/h6-14H,15H2,1-5H3,(H,29,30). The maximum absolute atomic E-state index is 13.4. The third-order valence-electron chi connectivity index (χ3n) is 6.01. The summed E-state index contributed by atoms with van der Waals surface area (Å²) in [5, 5.41) is 3.29. The molecule has 0 aliphatic heterocycles. The predicted octanol–water partition coefficient (Wildman–Crippen LogP) is 6.02. The Balaban J connectivity index is 1.72. The summed E-state index contributed by atoms with van der Waals surface area (Å²) in [5.74, 6) is -0.000788. The number of carbonyl (C=O) groups is 1. The van der Waals surface area contributed by atoms with Crippen LogP contribution in [0, 0.1) is 34.6 Å². The molecule has 1 N–H and O–H groups in total. The average molecular weight is 442 g/mol. The summed E-state index contributed by atoms with van der Waals surface area (Å²) in [6.45, 7) is 9.53. The summed E-state index contributed by atoms with van der Waals surface area (Å²) in [6, 6.07) is 17.0. The van der Waals surface area contributed by atoms with E-state index in [2.05, 4.69) is 5.32 Å². The molecule has 3 aromatic carbocycles. The molecule has 4 aromatic rings. The summed E-state index contributed by atoms with van der Waals surface area (Å²) in [6.07, 6.45) is 0. The summed E-state index contributed by atoms with van der Waals surface area (Å²) in [4.78, 5) is 26.1. The van der Waals surface area contributed by atoms with E-state index in [1.807, 2.05) is 83.1 Å². The minimum Gasteiger partial charge on any atom is -0.476 e. The fourth-order valence-electron chi connectivity index (χ4n) is 3.67. The summed E-state index contributed by atoms with van der Waals surface area (Å²) in [5.41, 5.74) is 6.79. The Hall–Kier alpha value is -3.86. The minimum atomic E-state index is -0.349. The summed E-state index contributed by atoms with van der Waals surface area (Å²) < 4.78 is 12.0. The zero-order valence-corrected chi connectivity index (χ0v) is 19.5. The van der Waals surface area contributed by atoms with Crippen LogP contribution in [0.25, 0.3) is 22.3 Å². The number of benzene rings is 3. The Morgan fingerprint density at radius 2 is 1.61 bits per heavy atom. The molecule has 4 rings (SSSR count). The van der Waals surface area contributed by atoms with E-state index in [0.717, 1.165) is 33.5 Å². The van der Waals surface area contributed by atoms with Gasteiger partial charge >= 0.3 is 0 Å². The van der Waals surface area contributed by atoms with Gasteiger partial charge in [-0.3, -0.25) is 9.59 Å². The molecule has 168 valence electrons. The highest BCUT2D eigenvalue weighted by Gasteiger charge is 2.20. The highest BCUT2D eigenvalue weighted by atomic mass is 16.5. The third kappa shape index (κ3) is 4.53. The second kappa shape index (κ2) is 8.94. The van der Waals surface area contributed by atoms with Crippen molar-refractivity contribution in [2.24, 2.45) is 0 Å². The molecule has 5 heteroatoms. The Morgan fingerprint density at radius 3 is 2.33 bits per heavy atom.